The maximum atomic E-state index is 8.92. The molecular formula is C49H31N3O. The Morgan fingerprint density at radius 1 is 0.396 bits per heavy atom. The predicted octanol–water partition coefficient (Wildman–Crippen LogP) is 12.9. The Balaban J connectivity index is 1.24. The van der Waals surface area contributed by atoms with E-state index >= 15 is 0 Å². The second-order valence-corrected chi connectivity index (χ2v) is 12.5. The largest absolute Gasteiger partial charge is 0.455 e. The molecular weight excluding hydrogens is 647 g/mol. The van der Waals surface area contributed by atoms with E-state index in [1.54, 1.807) is 18.2 Å². The standard InChI is InChI=1S/C49H31N3O/c1-4-14-32(15-5-1)38-30-42(34-16-6-2-7-17-34)46-43(31-38)45-41(24-13-25-44(45)53-46)49-51-47(36-19-8-3-9-20-36)50-48(52-49)37-28-26-35(27-29-37)40-23-12-21-33-18-10-11-22-39(33)40/h1-31H/i1D,2D,4D,5D,6D,7D,14D,15D,16D,17D. The molecule has 0 atom stereocenters. The van der Waals surface area contributed by atoms with Crippen LogP contribution in [0.2, 0.25) is 0 Å². The summed E-state index contributed by atoms with van der Waals surface area (Å²) in [6.45, 7) is 0. The van der Waals surface area contributed by atoms with Gasteiger partial charge in [-0.3, -0.25) is 0 Å². The molecule has 0 aliphatic heterocycles. The average molecular weight is 688 g/mol. The topological polar surface area (TPSA) is 51.8 Å². The molecule has 0 fully saturated rings. The van der Waals surface area contributed by atoms with Crippen molar-refractivity contribution in [3.8, 4) is 67.5 Å². The van der Waals surface area contributed by atoms with Crippen LogP contribution < -0.4 is 0 Å². The maximum Gasteiger partial charge on any atom is 0.164 e. The first-order valence-electron chi connectivity index (χ1n) is 22.0. The number of fused-ring (bicyclic) bond motifs is 4. The highest BCUT2D eigenvalue weighted by Crippen LogP contribution is 2.43. The van der Waals surface area contributed by atoms with Gasteiger partial charge in [0, 0.05) is 33.0 Å². The maximum absolute atomic E-state index is 8.92. The van der Waals surface area contributed by atoms with Crippen molar-refractivity contribution in [3.05, 3.63) is 188 Å². The normalized spacial score (nSPS) is 14.0. The fourth-order valence-electron chi connectivity index (χ4n) is 6.84. The third-order valence-corrected chi connectivity index (χ3v) is 9.31. The van der Waals surface area contributed by atoms with Crippen molar-refractivity contribution < 1.29 is 18.1 Å². The minimum Gasteiger partial charge on any atom is -0.455 e. The molecule has 0 aliphatic carbocycles. The van der Waals surface area contributed by atoms with E-state index in [2.05, 4.69) is 24.3 Å². The number of hydrogen-bond donors (Lipinski definition) is 0. The van der Waals surface area contributed by atoms with Crippen LogP contribution in [0, 0.1) is 0 Å². The zero-order chi connectivity index (χ0) is 43.8. The number of benzene rings is 8. The van der Waals surface area contributed by atoms with Crippen LogP contribution in [0.25, 0.3) is 100 Å². The molecule has 4 heteroatoms. The second-order valence-electron chi connectivity index (χ2n) is 12.5. The lowest BCUT2D eigenvalue weighted by Crippen LogP contribution is -2.00. The molecule has 0 saturated heterocycles. The molecule has 2 aromatic heterocycles. The monoisotopic (exact) mass is 687 g/mol. The van der Waals surface area contributed by atoms with E-state index in [1.807, 2.05) is 78.9 Å². The van der Waals surface area contributed by atoms with Gasteiger partial charge in [-0.1, -0.05) is 170 Å². The summed E-state index contributed by atoms with van der Waals surface area (Å²) in [5, 5.41) is 3.12. The highest BCUT2D eigenvalue weighted by atomic mass is 16.3. The van der Waals surface area contributed by atoms with Gasteiger partial charge in [-0.2, -0.15) is 0 Å². The van der Waals surface area contributed by atoms with Gasteiger partial charge in [0.1, 0.15) is 11.2 Å². The summed E-state index contributed by atoms with van der Waals surface area (Å²) in [5.74, 6) is 1.08. The van der Waals surface area contributed by atoms with Gasteiger partial charge < -0.3 is 4.42 Å². The number of aromatic nitrogens is 3. The Hall–Kier alpha value is -7.17. The summed E-state index contributed by atoms with van der Waals surface area (Å²) >= 11 is 0. The zero-order valence-electron chi connectivity index (χ0n) is 37.9. The first kappa shape index (κ1) is 21.9. The molecule has 0 radical (unpaired) electrons. The molecule has 248 valence electrons. The van der Waals surface area contributed by atoms with Crippen LogP contribution in [0.15, 0.2) is 192 Å². The van der Waals surface area contributed by atoms with Crippen molar-refractivity contribution in [1.29, 1.82) is 0 Å². The van der Waals surface area contributed by atoms with E-state index in [1.165, 1.54) is 6.07 Å². The highest BCUT2D eigenvalue weighted by Gasteiger charge is 2.21. The van der Waals surface area contributed by atoms with Gasteiger partial charge in [0.15, 0.2) is 17.5 Å². The van der Waals surface area contributed by atoms with E-state index in [4.69, 9.17) is 33.1 Å². The Bertz CT molecular complexity index is 3460. The molecule has 0 bridgehead atoms. The SMILES string of the molecule is [2H]c1c([2H])c([2H])c(-c2cc(-c3c([2H])c([2H])c([2H])c([2H])c3[2H])c3oc4cccc(-c5nc(-c6ccccc6)nc(-c6ccc(-c7cccc8ccccc78)cc6)n5)c4c3c2)c([2H])c1[2H]. The van der Waals surface area contributed by atoms with Gasteiger partial charge in [0.2, 0.25) is 0 Å². The van der Waals surface area contributed by atoms with Crippen molar-refractivity contribution in [2.24, 2.45) is 0 Å². The highest BCUT2D eigenvalue weighted by molar-refractivity contribution is 6.16. The fourth-order valence-corrected chi connectivity index (χ4v) is 6.84. The summed E-state index contributed by atoms with van der Waals surface area (Å²) in [6, 6.07) is 35.0. The third kappa shape index (κ3) is 5.54. The van der Waals surface area contributed by atoms with Crippen molar-refractivity contribution >= 4 is 32.7 Å². The molecule has 10 rings (SSSR count). The van der Waals surface area contributed by atoms with Gasteiger partial charge >= 0.3 is 0 Å². The Morgan fingerprint density at radius 3 is 1.77 bits per heavy atom. The molecule has 0 saturated carbocycles. The van der Waals surface area contributed by atoms with Gasteiger partial charge in [0.05, 0.1) is 13.7 Å². The van der Waals surface area contributed by atoms with Crippen LogP contribution in [0.3, 0.4) is 0 Å². The van der Waals surface area contributed by atoms with Crippen LogP contribution >= 0.6 is 0 Å². The van der Waals surface area contributed by atoms with Crippen molar-refractivity contribution in [1.82, 2.24) is 15.0 Å². The number of rotatable bonds is 6. The molecule has 0 spiro atoms. The van der Waals surface area contributed by atoms with Crippen molar-refractivity contribution in [2.75, 3.05) is 0 Å². The fraction of sp³-hybridized carbons (Fsp3) is 0. The molecule has 0 amide bonds. The van der Waals surface area contributed by atoms with Gasteiger partial charge in [-0.05, 0) is 56.8 Å². The average Bonchev–Trinajstić information content (AvgIpc) is 3.70. The first-order valence-corrected chi connectivity index (χ1v) is 17.0. The van der Waals surface area contributed by atoms with E-state index in [9.17, 15) is 0 Å². The summed E-state index contributed by atoms with van der Waals surface area (Å²) in [5.41, 5.74) is 4.48. The van der Waals surface area contributed by atoms with Gasteiger partial charge in [-0.15, -0.1) is 0 Å². The van der Waals surface area contributed by atoms with Crippen LogP contribution in [-0.4, -0.2) is 15.0 Å². The van der Waals surface area contributed by atoms with E-state index in [0.29, 0.717) is 33.6 Å². The predicted molar refractivity (Wildman–Crippen MR) is 217 cm³/mol. The van der Waals surface area contributed by atoms with E-state index in [0.717, 1.165) is 33.0 Å². The smallest absolute Gasteiger partial charge is 0.164 e. The molecule has 53 heavy (non-hydrogen) atoms. The molecule has 4 nitrogen and oxygen atoms in total. The lowest BCUT2D eigenvalue weighted by Gasteiger charge is -2.11. The Labute approximate surface area is 320 Å². The zero-order valence-corrected chi connectivity index (χ0v) is 27.9. The molecule has 8 aromatic carbocycles. The Morgan fingerprint density at radius 2 is 1.00 bits per heavy atom. The van der Waals surface area contributed by atoms with Crippen LogP contribution in [-0.2, 0) is 0 Å². The first-order chi connectivity index (χ1) is 30.4. The van der Waals surface area contributed by atoms with E-state index in [-0.39, 0.29) is 33.7 Å². The Kier molecular flexibility index (Phi) is 5.32. The third-order valence-electron chi connectivity index (χ3n) is 9.31. The van der Waals surface area contributed by atoms with Crippen LogP contribution in [0.5, 0.6) is 0 Å². The number of furan rings is 1. The van der Waals surface area contributed by atoms with Crippen LogP contribution in [0.1, 0.15) is 13.7 Å². The minimum atomic E-state index is -0.582. The molecule has 10 aromatic rings. The minimum absolute atomic E-state index is 0.0704. The molecule has 0 unspecified atom stereocenters. The van der Waals surface area contributed by atoms with Gasteiger partial charge in [-0.25, -0.2) is 15.0 Å². The number of nitrogens with zero attached hydrogens (tertiary/aromatic N) is 3. The summed E-state index contributed by atoms with van der Waals surface area (Å²) < 4.78 is 92.5. The molecule has 0 aliphatic rings. The summed E-state index contributed by atoms with van der Waals surface area (Å²) in [6.07, 6.45) is 0. The molecule has 2 heterocycles. The second kappa shape index (κ2) is 12.9. The lowest BCUT2D eigenvalue weighted by atomic mass is 9.95. The summed E-state index contributed by atoms with van der Waals surface area (Å²) in [7, 11) is 0. The van der Waals surface area contributed by atoms with Crippen molar-refractivity contribution in [2.45, 2.75) is 0 Å². The number of hydrogen-bond acceptors (Lipinski definition) is 4. The van der Waals surface area contributed by atoms with E-state index < -0.39 is 60.4 Å². The quantitative estimate of drug-likeness (QED) is 0.175. The van der Waals surface area contributed by atoms with Crippen molar-refractivity contribution in [3.63, 3.8) is 0 Å². The van der Waals surface area contributed by atoms with Gasteiger partial charge in [0.25, 0.3) is 0 Å². The molecule has 0 N–H and O–H groups in total. The van der Waals surface area contributed by atoms with Crippen LogP contribution in [0.4, 0.5) is 0 Å². The lowest BCUT2D eigenvalue weighted by molar-refractivity contribution is 0.670. The summed E-state index contributed by atoms with van der Waals surface area (Å²) in [4.78, 5) is 15.0.